The van der Waals surface area contributed by atoms with Gasteiger partial charge in [-0.15, -0.1) is 13.2 Å². The average Bonchev–Trinajstić information content (AvgIpc) is 2.16. The first-order valence-corrected chi connectivity index (χ1v) is 6.59. The highest BCUT2D eigenvalue weighted by atomic mass is 35.7. The van der Waals surface area contributed by atoms with Crippen LogP contribution in [-0.4, -0.2) is 24.7 Å². The molecule has 0 bridgehead atoms. The Kier molecular flexibility index (Phi) is 3.91. The van der Waals surface area contributed by atoms with E-state index in [1.54, 1.807) is 0 Å². The average molecular weight is 321 g/mol. The van der Waals surface area contributed by atoms with Crippen molar-refractivity contribution >= 4 is 25.4 Å². The van der Waals surface area contributed by atoms with Crippen LogP contribution in [0, 0.1) is 17.0 Å². The molecule has 0 atom stereocenters. The third kappa shape index (κ3) is 3.67. The van der Waals surface area contributed by atoms with Gasteiger partial charge in [0.15, 0.2) is 5.75 Å². The van der Waals surface area contributed by atoms with Crippen LogP contribution in [0.4, 0.5) is 18.9 Å². The minimum absolute atomic E-state index is 0.480. The Morgan fingerprint density at radius 2 is 2.00 bits per heavy atom. The monoisotopic (exact) mass is 320 g/mol. The molecule has 0 aliphatic carbocycles. The van der Waals surface area contributed by atoms with Crippen molar-refractivity contribution in [2.24, 2.45) is 0 Å². The minimum atomic E-state index is -5.25. The third-order valence-electron chi connectivity index (χ3n) is 1.81. The number of ether oxygens (including phenoxy) is 1. The van der Waals surface area contributed by atoms with E-state index in [1.807, 2.05) is 0 Å². The lowest BCUT2D eigenvalue weighted by Gasteiger charge is -2.13. The molecule has 0 aliphatic rings. The van der Waals surface area contributed by atoms with Crippen LogP contribution in [0.1, 0.15) is 5.69 Å². The molecule has 0 fully saturated rings. The number of halogens is 4. The number of aromatic nitrogens is 1. The molecule has 7 nitrogen and oxygen atoms in total. The predicted octanol–water partition coefficient (Wildman–Crippen LogP) is 2.12. The number of aryl methyl sites for hydroxylation is 1. The maximum absolute atomic E-state index is 12.2. The molecule has 0 saturated carbocycles. The van der Waals surface area contributed by atoms with Crippen molar-refractivity contribution in [1.82, 2.24) is 4.98 Å². The van der Waals surface area contributed by atoms with E-state index in [-0.39, 0.29) is 0 Å². The van der Waals surface area contributed by atoms with Crippen molar-refractivity contribution in [3.8, 4) is 5.75 Å². The van der Waals surface area contributed by atoms with Crippen molar-refractivity contribution in [1.29, 1.82) is 0 Å². The number of hydrogen-bond donors (Lipinski definition) is 0. The lowest BCUT2D eigenvalue weighted by Crippen LogP contribution is -2.20. The highest BCUT2D eigenvalue weighted by Crippen LogP contribution is 2.39. The number of nitrogens with zero attached hydrogens (tertiary/aromatic N) is 2. The molecule has 106 valence electrons. The molecule has 0 N–H and O–H groups in total. The Morgan fingerprint density at radius 3 is 2.37 bits per heavy atom. The van der Waals surface area contributed by atoms with E-state index >= 15 is 0 Å². The van der Waals surface area contributed by atoms with E-state index < -0.39 is 42.4 Å². The first-order chi connectivity index (χ1) is 8.43. The summed E-state index contributed by atoms with van der Waals surface area (Å²) in [6, 6.07) is 0. The van der Waals surface area contributed by atoms with Gasteiger partial charge in [-0.05, 0) is 6.92 Å². The van der Waals surface area contributed by atoms with Crippen LogP contribution in [0.15, 0.2) is 11.1 Å². The third-order valence-corrected chi connectivity index (χ3v) is 3.15. The maximum atomic E-state index is 12.2. The number of rotatable bonds is 3. The van der Waals surface area contributed by atoms with Gasteiger partial charge in [-0.25, -0.2) is 8.42 Å². The standard InChI is InChI=1S/C7H4ClF3N2O5S/c1-3-5(18-7(9,10)11)6(19(8,16)17)4(2-12-3)13(14)15/h2H,1H3. The summed E-state index contributed by atoms with van der Waals surface area (Å²) in [5.41, 5.74) is -1.72. The van der Waals surface area contributed by atoms with Crippen molar-refractivity contribution < 1.29 is 31.2 Å². The Bertz CT molecular complexity index is 630. The number of hydrogen-bond acceptors (Lipinski definition) is 6. The fraction of sp³-hybridized carbons (Fsp3) is 0.286. The Balaban J connectivity index is 3.69. The summed E-state index contributed by atoms with van der Waals surface area (Å²) in [6.45, 7) is 0.983. The van der Waals surface area contributed by atoms with Gasteiger partial charge in [0.2, 0.25) is 4.90 Å². The SMILES string of the molecule is Cc1ncc([N+](=O)[O-])c(S(=O)(=O)Cl)c1OC(F)(F)F. The first kappa shape index (κ1) is 15.4. The Labute approximate surface area is 108 Å². The molecule has 12 heteroatoms. The smallest absolute Gasteiger partial charge is 0.402 e. The van der Waals surface area contributed by atoms with Crippen LogP contribution in [0.3, 0.4) is 0 Å². The molecule has 0 aromatic carbocycles. The highest BCUT2D eigenvalue weighted by molar-refractivity contribution is 8.14. The second kappa shape index (κ2) is 4.81. The molecule has 1 aromatic rings. The fourth-order valence-electron chi connectivity index (χ4n) is 1.16. The van der Waals surface area contributed by atoms with E-state index in [0.717, 1.165) is 6.92 Å². The molecule has 1 rings (SSSR count). The molecule has 1 aromatic heterocycles. The van der Waals surface area contributed by atoms with Gasteiger partial charge < -0.3 is 4.74 Å². The Morgan fingerprint density at radius 1 is 1.47 bits per heavy atom. The van der Waals surface area contributed by atoms with Crippen LogP contribution in [0.5, 0.6) is 5.75 Å². The summed E-state index contributed by atoms with van der Waals surface area (Å²) in [4.78, 5) is 11.3. The van der Waals surface area contributed by atoms with E-state index in [0.29, 0.717) is 6.20 Å². The van der Waals surface area contributed by atoms with Gasteiger partial charge in [-0.1, -0.05) is 0 Å². The van der Waals surface area contributed by atoms with Gasteiger partial charge in [-0.3, -0.25) is 15.1 Å². The summed E-state index contributed by atoms with van der Waals surface area (Å²) >= 11 is 0. The molecular formula is C7H4ClF3N2O5S. The van der Waals surface area contributed by atoms with Crippen molar-refractivity contribution in [3.05, 3.63) is 22.0 Å². The number of nitro groups is 1. The molecule has 0 amide bonds. The quantitative estimate of drug-likeness (QED) is 0.480. The number of pyridine rings is 1. The molecule has 19 heavy (non-hydrogen) atoms. The van der Waals surface area contributed by atoms with Crippen molar-refractivity contribution in [3.63, 3.8) is 0 Å². The summed E-state index contributed by atoms with van der Waals surface area (Å²) in [5, 5.41) is 10.6. The second-order valence-electron chi connectivity index (χ2n) is 3.13. The largest absolute Gasteiger partial charge is 0.573 e. The zero-order valence-corrected chi connectivity index (χ0v) is 10.5. The molecule has 0 radical (unpaired) electrons. The second-order valence-corrected chi connectivity index (χ2v) is 5.63. The van der Waals surface area contributed by atoms with Gasteiger partial charge >= 0.3 is 12.0 Å². The number of alkyl halides is 3. The molecule has 0 aliphatic heterocycles. The molecule has 0 spiro atoms. The van der Waals surface area contributed by atoms with Crippen LogP contribution < -0.4 is 4.74 Å². The maximum Gasteiger partial charge on any atom is 0.573 e. The van der Waals surface area contributed by atoms with Crippen molar-refractivity contribution in [2.45, 2.75) is 18.2 Å². The van der Waals surface area contributed by atoms with Gasteiger partial charge in [-0.2, -0.15) is 0 Å². The van der Waals surface area contributed by atoms with Gasteiger partial charge in [0.25, 0.3) is 9.05 Å². The van der Waals surface area contributed by atoms with Gasteiger partial charge in [0, 0.05) is 10.7 Å². The van der Waals surface area contributed by atoms with E-state index in [4.69, 9.17) is 10.7 Å². The van der Waals surface area contributed by atoms with E-state index in [1.165, 1.54) is 0 Å². The van der Waals surface area contributed by atoms with E-state index in [9.17, 15) is 31.7 Å². The topological polar surface area (TPSA) is 99.4 Å². The van der Waals surface area contributed by atoms with Crippen LogP contribution >= 0.6 is 10.7 Å². The van der Waals surface area contributed by atoms with Gasteiger partial charge in [0.1, 0.15) is 6.20 Å². The van der Waals surface area contributed by atoms with Crippen LogP contribution in [0.25, 0.3) is 0 Å². The van der Waals surface area contributed by atoms with Crippen molar-refractivity contribution in [2.75, 3.05) is 0 Å². The molecular weight excluding hydrogens is 317 g/mol. The summed E-state index contributed by atoms with van der Waals surface area (Å²) in [7, 11) is 0.0679. The molecule has 0 saturated heterocycles. The van der Waals surface area contributed by atoms with Gasteiger partial charge in [0.05, 0.1) is 10.6 Å². The zero-order chi connectivity index (χ0) is 15.0. The highest BCUT2D eigenvalue weighted by Gasteiger charge is 2.39. The first-order valence-electron chi connectivity index (χ1n) is 4.28. The summed E-state index contributed by atoms with van der Waals surface area (Å²) in [5.74, 6) is -1.32. The predicted molar refractivity (Wildman–Crippen MR) is 55.4 cm³/mol. The fourth-order valence-corrected chi connectivity index (χ4v) is 2.39. The normalized spacial score (nSPS) is 12.3. The molecule has 0 unspecified atom stereocenters. The van der Waals surface area contributed by atoms with Crippen LogP contribution in [0.2, 0.25) is 0 Å². The summed E-state index contributed by atoms with van der Waals surface area (Å²) < 4.78 is 62.3. The Hall–Kier alpha value is -1.62. The lowest BCUT2D eigenvalue weighted by molar-refractivity contribution is -0.388. The van der Waals surface area contributed by atoms with E-state index in [2.05, 4.69) is 9.72 Å². The summed E-state index contributed by atoms with van der Waals surface area (Å²) in [6.07, 6.45) is -4.77. The molecule has 1 heterocycles. The zero-order valence-electron chi connectivity index (χ0n) is 8.93. The lowest BCUT2D eigenvalue weighted by atomic mass is 10.3. The minimum Gasteiger partial charge on any atom is -0.402 e. The van der Waals surface area contributed by atoms with Crippen LogP contribution in [-0.2, 0) is 9.05 Å².